The minimum atomic E-state index is 0.989. The summed E-state index contributed by atoms with van der Waals surface area (Å²) in [6, 6.07) is 0. The summed E-state index contributed by atoms with van der Waals surface area (Å²) in [7, 11) is 1.88. The van der Waals surface area contributed by atoms with E-state index in [2.05, 4.69) is 23.3 Å². The summed E-state index contributed by atoms with van der Waals surface area (Å²) in [5.41, 5.74) is 2.64. The van der Waals surface area contributed by atoms with Crippen molar-refractivity contribution in [1.29, 1.82) is 0 Å². The molecule has 0 saturated carbocycles. The lowest BCUT2D eigenvalue weighted by molar-refractivity contribution is 0.725. The zero-order valence-electron chi connectivity index (χ0n) is 7.35. The Morgan fingerprint density at radius 3 is 3.00 bits per heavy atom. The van der Waals surface area contributed by atoms with Crippen LogP contribution in [-0.2, 0) is 0 Å². The number of hydrogen-bond acceptors (Lipinski definition) is 2. The van der Waals surface area contributed by atoms with Gasteiger partial charge in [-0.25, -0.2) is 0 Å². The maximum Gasteiger partial charge on any atom is 0.0386 e. The zero-order chi connectivity index (χ0) is 8.10. The number of aliphatic imine (C=N–C) groups is 1. The predicted molar refractivity (Wildman–Crippen MR) is 49.2 cm³/mol. The van der Waals surface area contributed by atoms with E-state index >= 15 is 0 Å². The highest BCUT2D eigenvalue weighted by molar-refractivity contribution is 6.00. The third-order valence-corrected chi connectivity index (χ3v) is 2.07. The number of hydrogen-bond donors (Lipinski definition) is 1. The first-order valence-corrected chi connectivity index (χ1v) is 4.20. The van der Waals surface area contributed by atoms with Crippen molar-refractivity contribution in [2.24, 2.45) is 4.99 Å². The van der Waals surface area contributed by atoms with E-state index in [1.807, 2.05) is 7.05 Å². The molecular weight excluding hydrogens is 136 g/mol. The molecule has 1 N–H and O–H groups in total. The SMILES string of the molecule is C/C=C1/CNCCCC1=NC. The average Bonchev–Trinajstić information content (AvgIpc) is 2.27. The maximum absolute atomic E-state index is 4.27. The van der Waals surface area contributed by atoms with Gasteiger partial charge in [0.05, 0.1) is 0 Å². The molecule has 1 rings (SSSR count). The van der Waals surface area contributed by atoms with Crippen molar-refractivity contribution in [1.82, 2.24) is 5.32 Å². The molecule has 0 aliphatic carbocycles. The summed E-state index contributed by atoms with van der Waals surface area (Å²) in [6.07, 6.45) is 4.49. The second-order valence-corrected chi connectivity index (χ2v) is 2.76. The van der Waals surface area contributed by atoms with Crippen LogP contribution in [0.1, 0.15) is 19.8 Å². The molecule has 62 valence electrons. The second kappa shape index (κ2) is 4.29. The van der Waals surface area contributed by atoms with Crippen molar-refractivity contribution in [3.8, 4) is 0 Å². The number of allylic oxidation sites excluding steroid dienone is 1. The van der Waals surface area contributed by atoms with E-state index in [1.165, 1.54) is 17.7 Å². The van der Waals surface area contributed by atoms with Crippen LogP contribution in [-0.4, -0.2) is 25.8 Å². The summed E-state index contributed by atoms with van der Waals surface area (Å²) < 4.78 is 0. The van der Waals surface area contributed by atoms with Crippen LogP contribution >= 0.6 is 0 Å². The van der Waals surface area contributed by atoms with Gasteiger partial charge in [-0.1, -0.05) is 6.08 Å². The molecule has 11 heavy (non-hydrogen) atoms. The van der Waals surface area contributed by atoms with Gasteiger partial charge in [0.25, 0.3) is 0 Å². The fourth-order valence-electron chi connectivity index (χ4n) is 1.39. The standard InChI is InChI=1S/C9H16N2/c1-3-8-7-11-6-4-5-9(8)10-2/h3,11H,4-7H2,1-2H3/b8-3-,10-9?. The minimum absolute atomic E-state index is 0.989. The van der Waals surface area contributed by atoms with Crippen molar-refractivity contribution < 1.29 is 0 Å². The van der Waals surface area contributed by atoms with Crippen LogP contribution in [0.3, 0.4) is 0 Å². The molecule has 2 heteroatoms. The normalized spacial score (nSPS) is 27.5. The van der Waals surface area contributed by atoms with Gasteiger partial charge in [-0.15, -0.1) is 0 Å². The third kappa shape index (κ3) is 2.15. The van der Waals surface area contributed by atoms with E-state index in [9.17, 15) is 0 Å². The van der Waals surface area contributed by atoms with Crippen molar-refractivity contribution in [3.05, 3.63) is 11.6 Å². The molecule has 1 fully saturated rings. The molecule has 0 radical (unpaired) electrons. The molecule has 1 heterocycles. The van der Waals surface area contributed by atoms with Gasteiger partial charge in [0.2, 0.25) is 0 Å². The van der Waals surface area contributed by atoms with Gasteiger partial charge < -0.3 is 5.32 Å². The first-order chi connectivity index (χ1) is 5.38. The lowest BCUT2D eigenvalue weighted by Gasteiger charge is -2.03. The van der Waals surface area contributed by atoms with E-state index in [1.54, 1.807) is 0 Å². The summed E-state index contributed by atoms with van der Waals surface area (Å²) in [4.78, 5) is 4.27. The molecular formula is C9H16N2. The van der Waals surface area contributed by atoms with Crippen LogP contribution in [0.5, 0.6) is 0 Å². The fraction of sp³-hybridized carbons (Fsp3) is 0.667. The Morgan fingerprint density at radius 1 is 1.55 bits per heavy atom. The molecule has 1 saturated heterocycles. The first-order valence-electron chi connectivity index (χ1n) is 4.20. The summed E-state index contributed by atoms with van der Waals surface area (Å²) >= 11 is 0. The van der Waals surface area contributed by atoms with Crippen molar-refractivity contribution in [2.75, 3.05) is 20.1 Å². The van der Waals surface area contributed by atoms with Gasteiger partial charge in [-0.2, -0.15) is 0 Å². The van der Waals surface area contributed by atoms with Gasteiger partial charge in [-0.3, -0.25) is 4.99 Å². The Bertz CT molecular complexity index is 160. The van der Waals surface area contributed by atoms with Gasteiger partial charge in [0, 0.05) is 19.3 Å². The molecule has 1 aliphatic heterocycles. The van der Waals surface area contributed by atoms with Crippen molar-refractivity contribution >= 4 is 5.71 Å². The van der Waals surface area contributed by atoms with Crippen LogP contribution in [0.15, 0.2) is 16.6 Å². The van der Waals surface area contributed by atoms with Gasteiger partial charge in [0.15, 0.2) is 0 Å². The van der Waals surface area contributed by atoms with Crippen LogP contribution < -0.4 is 5.32 Å². The van der Waals surface area contributed by atoms with Gasteiger partial charge in [-0.05, 0) is 31.9 Å². The van der Waals surface area contributed by atoms with Crippen LogP contribution in [0.4, 0.5) is 0 Å². The van der Waals surface area contributed by atoms with E-state index in [-0.39, 0.29) is 0 Å². The average molecular weight is 152 g/mol. The van der Waals surface area contributed by atoms with E-state index < -0.39 is 0 Å². The van der Waals surface area contributed by atoms with Crippen LogP contribution in [0.2, 0.25) is 0 Å². The van der Waals surface area contributed by atoms with Gasteiger partial charge >= 0.3 is 0 Å². The summed E-state index contributed by atoms with van der Waals surface area (Å²) in [5, 5.41) is 3.36. The topological polar surface area (TPSA) is 24.4 Å². The van der Waals surface area contributed by atoms with E-state index in [0.717, 1.165) is 19.5 Å². The highest BCUT2D eigenvalue weighted by Crippen LogP contribution is 2.07. The summed E-state index contributed by atoms with van der Waals surface area (Å²) in [5.74, 6) is 0. The Kier molecular flexibility index (Phi) is 3.30. The third-order valence-electron chi connectivity index (χ3n) is 2.07. The molecule has 0 aromatic rings. The predicted octanol–water partition coefficient (Wildman–Crippen LogP) is 1.39. The number of nitrogens with one attached hydrogen (secondary N) is 1. The van der Waals surface area contributed by atoms with Crippen LogP contribution in [0.25, 0.3) is 0 Å². The lowest BCUT2D eigenvalue weighted by Crippen LogP contribution is -2.16. The largest absolute Gasteiger partial charge is 0.313 e. The minimum Gasteiger partial charge on any atom is -0.313 e. The highest BCUT2D eigenvalue weighted by Gasteiger charge is 2.08. The Labute approximate surface area is 68.4 Å². The molecule has 0 bridgehead atoms. The molecule has 0 aromatic heterocycles. The molecule has 0 aromatic carbocycles. The monoisotopic (exact) mass is 152 g/mol. The number of nitrogens with zero attached hydrogens (tertiary/aromatic N) is 1. The molecule has 1 aliphatic rings. The lowest BCUT2D eigenvalue weighted by atomic mass is 10.1. The summed E-state index contributed by atoms with van der Waals surface area (Å²) in [6.45, 7) is 4.19. The van der Waals surface area contributed by atoms with E-state index in [4.69, 9.17) is 0 Å². The molecule has 0 spiro atoms. The molecule has 0 unspecified atom stereocenters. The second-order valence-electron chi connectivity index (χ2n) is 2.76. The van der Waals surface area contributed by atoms with E-state index in [0.29, 0.717) is 0 Å². The Morgan fingerprint density at radius 2 is 2.36 bits per heavy atom. The van der Waals surface area contributed by atoms with Crippen molar-refractivity contribution in [2.45, 2.75) is 19.8 Å². The van der Waals surface area contributed by atoms with Crippen molar-refractivity contribution in [3.63, 3.8) is 0 Å². The van der Waals surface area contributed by atoms with Crippen LogP contribution in [0, 0.1) is 0 Å². The molecule has 0 amide bonds. The fourth-order valence-corrected chi connectivity index (χ4v) is 1.39. The number of rotatable bonds is 0. The smallest absolute Gasteiger partial charge is 0.0386 e. The first kappa shape index (κ1) is 8.47. The Hall–Kier alpha value is -0.630. The molecule has 2 nitrogen and oxygen atoms in total. The molecule has 0 atom stereocenters. The van der Waals surface area contributed by atoms with Gasteiger partial charge in [0.1, 0.15) is 0 Å². The Balaban J connectivity index is 2.71. The highest BCUT2D eigenvalue weighted by atomic mass is 14.9. The quantitative estimate of drug-likeness (QED) is 0.557. The maximum atomic E-state index is 4.27. The zero-order valence-corrected chi connectivity index (χ0v) is 7.35.